The van der Waals surface area contributed by atoms with Crippen LogP contribution < -0.4 is 5.32 Å². The quantitative estimate of drug-likeness (QED) is 0.752. The number of para-hydroxylation sites is 1. The molecule has 0 aliphatic carbocycles. The van der Waals surface area contributed by atoms with Gasteiger partial charge in [-0.3, -0.25) is 4.79 Å². The van der Waals surface area contributed by atoms with Crippen LogP contribution in [0.5, 0.6) is 0 Å². The van der Waals surface area contributed by atoms with E-state index in [1.807, 2.05) is 12.1 Å². The number of amides is 1. The van der Waals surface area contributed by atoms with Crippen LogP contribution in [0.3, 0.4) is 0 Å². The predicted molar refractivity (Wildman–Crippen MR) is 84.0 cm³/mol. The van der Waals surface area contributed by atoms with Gasteiger partial charge in [-0.05, 0) is 42.7 Å². The molecule has 0 saturated carbocycles. The van der Waals surface area contributed by atoms with E-state index in [2.05, 4.69) is 12.2 Å². The molecule has 0 aliphatic rings. The fourth-order valence-corrected chi connectivity index (χ4v) is 2.20. The first-order valence-corrected chi connectivity index (χ1v) is 7.46. The fourth-order valence-electron chi connectivity index (χ4n) is 2.20. The van der Waals surface area contributed by atoms with Gasteiger partial charge in [-0.2, -0.15) is 0 Å². The smallest absolute Gasteiger partial charge is 0.255 e. The van der Waals surface area contributed by atoms with Crippen molar-refractivity contribution in [2.24, 2.45) is 0 Å². The van der Waals surface area contributed by atoms with Gasteiger partial charge in [-0.25, -0.2) is 8.78 Å². The number of carbonyl (C=O) groups excluding carboxylic acids is 1. The van der Waals surface area contributed by atoms with E-state index in [1.165, 1.54) is 12.5 Å². The average Bonchev–Trinajstić information content (AvgIpc) is 2.52. The maximum atomic E-state index is 13.5. The zero-order chi connectivity index (χ0) is 15.9. The summed E-state index contributed by atoms with van der Waals surface area (Å²) in [6.07, 6.45) is 4.42. The lowest BCUT2D eigenvalue weighted by atomic mass is 10.1. The van der Waals surface area contributed by atoms with E-state index in [-0.39, 0.29) is 0 Å². The van der Waals surface area contributed by atoms with Gasteiger partial charge in [0.15, 0.2) is 0 Å². The highest BCUT2D eigenvalue weighted by molar-refractivity contribution is 6.04. The summed E-state index contributed by atoms with van der Waals surface area (Å²) in [7, 11) is 0. The highest BCUT2D eigenvalue weighted by Crippen LogP contribution is 2.19. The van der Waals surface area contributed by atoms with Crippen molar-refractivity contribution in [3.05, 3.63) is 65.2 Å². The molecule has 116 valence electrons. The van der Waals surface area contributed by atoms with Crippen molar-refractivity contribution >= 4 is 11.6 Å². The molecule has 0 aromatic heterocycles. The summed E-state index contributed by atoms with van der Waals surface area (Å²) in [4.78, 5) is 12.0. The lowest BCUT2D eigenvalue weighted by Crippen LogP contribution is -2.14. The van der Waals surface area contributed by atoms with E-state index in [1.54, 1.807) is 12.1 Å². The molecule has 0 radical (unpaired) electrons. The summed E-state index contributed by atoms with van der Waals surface area (Å²) in [5, 5.41) is 2.28. The molecule has 0 atom stereocenters. The molecule has 4 heteroatoms. The van der Waals surface area contributed by atoms with Crippen molar-refractivity contribution in [3.8, 4) is 0 Å². The van der Waals surface area contributed by atoms with E-state index in [9.17, 15) is 13.6 Å². The van der Waals surface area contributed by atoms with Crippen LogP contribution in [0.1, 0.15) is 42.1 Å². The number of unbranched alkanes of at least 4 members (excludes halogenated alkanes) is 2. The van der Waals surface area contributed by atoms with Crippen LogP contribution >= 0.6 is 0 Å². The molecule has 1 N–H and O–H groups in total. The number of halogens is 2. The summed E-state index contributed by atoms with van der Waals surface area (Å²) >= 11 is 0. The predicted octanol–water partition coefficient (Wildman–Crippen LogP) is 4.95. The van der Waals surface area contributed by atoms with Crippen molar-refractivity contribution in [2.75, 3.05) is 5.32 Å². The molecule has 0 saturated heterocycles. The highest BCUT2D eigenvalue weighted by Gasteiger charge is 2.13. The van der Waals surface area contributed by atoms with E-state index in [0.29, 0.717) is 5.56 Å². The first kappa shape index (κ1) is 16.1. The maximum Gasteiger partial charge on any atom is 0.255 e. The number of aryl methyl sites for hydroxylation is 1. The second-order valence-corrected chi connectivity index (χ2v) is 5.20. The summed E-state index contributed by atoms with van der Waals surface area (Å²) in [6, 6.07) is 10.6. The Labute approximate surface area is 129 Å². The number of rotatable bonds is 6. The van der Waals surface area contributed by atoms with Crippen LogP contribution in [0.2, 0.25) is 0 Å². The Morgan fingerprint density at radius 3 is 2.23 bits per heavy atom. The van der Waals surface area contributed by atoms with Crippen molar-refractivity contribution in [3.63, 3.8) is 0 Å². The molecule has 22 heavy (non-hydrogen) atoms. The van der Waals surface area contributed by atoms with Crippen LogP contribution in [0, 0.1) is 11.6 Å². The Morgan fingerprint density at radius 2 is 1.64 bits per heavy atom. The number of carbonyl (C=O) groups is 1. The average molecular weight is 303 g/mol. The van der Waals surface area contributed by atoms with Gasteiger partial charge in [0.2, 0.25) is 0 Å². The van der Waals surface area contributed by atoms with Crippen LogP contribution in [-0.2, 0) is 6.42 Å². The minimum absolute atomic E-state index is 0.377. The Morgan fingerprint density at radius 1 is 1.00 bits per heavy atom. The molecule has 0 aliphatic heterocycles. The van der Waals surface area contributed by atoms with Crippen LogP contribution in [0.15, 0.2) is 42.5 Å². The molecule has 2 rings (SSSR count). The van der Waals surface area contributed by atoms with Gasteiger partial charge >= 0.3 is 0 Å². The van der Waals surface area contributed by atoms with Crippen LogP contribution in [0.25, 0.3) is 0 Å². The van der Waals surface area contributed by atoms with Gasteiger partial charge in [0.1, 0.15) is 17.3 Å². The summed E-state index contributed by atoms with van der Waals surface area (Å²) < 4.78 is 27.0. The maximum absolute atomic E-state index is 13.5. The van der Waals surface area contributed by atoms with Gasteiger partial charge in [0.05, 0.1) is 0 Å². The molecular weight excluding hydrogens is 284 g/mol. The Bertz CT molecular complexity index is 618. The van der Waals surface area contributed by atoms with Crippen molar-refractivity contribution in [2.45, 2.75) is 32.6 Å². The van der Waals surface area contributed by atoms with Crippen molar-refractivity contribution in [1.82, 2.24) is 0 Å². The van der Waals surface area contributed by atoms with E-state index >= 15 is 0 Å². The molecule has 0 unspecified atom stereocenters. The largest absolute Gasteiger partial charge is 0.317 e. The number of hydrogen-bond donors (Lipinski definition) is 1. The Balaban J connectivity index is 2.04. The number of nitrogens with one attached hydrogen (secondary N) is 1. The molecule has 2 aromatic rings. The van der Waals surface area contributed by atoms with Gasteiger partial charge < -0.3 is 5.32 Å². The third-order valence-corrected chi connectivity index (χ3v) is 3.49. The number of hydrogen-bond acceptors (Lipinski definition) is 1. The molecule has 1 amide bonds. The van der Waals surface area contributed by atoms with Gasteiger partial charge in [-0.15, -0.1) is 0 Å². The second-order valence-electron chi connectivity index (χ2n) is 5.20. The van der Waals surface area contributed by atoms with Crippen LogP contribution in [0.4, 0.5) is 14.5 Å². The summed E-state index contributed by atoms with van der Waals surface area (Å²) in [6.45, 7) is 2.15. The second kappa shape index (κ2) is 7.69. The standard InChI is InChI=1S/C18H19F2NO/c1-2-3-4-6-13-9-11-14(12-10-13)18(22)21-17-15(19)7-5-8-16(17)20/h5,7-12H,2-4,6H2,1H3,(H,21,22). The number of benzene rings is 2. The van der Waals surface area contributed by atoms with Crippen LogP contribution in [-0.4, -0.2) is 5.91 Å². The van der Waals surface area contributed by atoms with Crippen molar-refractivity contribution < 1.29 is 13.6 Å². The van der Waals surface area contributed by atoms with Crippen molar-refractivity contribution in [1.29, 1.82) is 0 Å². The molecule has 0 fully saturated rings. The first-order chi connectivity index (χ1) is 10.6. The van der Waals surface area contributed by atoms with E-state index in [0.717, 1.165) is 37.0 Å². The fraction of sp³-hybridized carbons (Fsp3) is 0.278. The van der Waals surface area contributed by atoms with Gasteiger partial charge in [-0.1, -0.05) is 38.0 Å². The van der Waals surface area contributed by atoms with Gasteiger partial charge in [0, 0.05) is 5.56 Å². The Hall–Kier alpha value is -2.23. The molecule has 0 spiro atoms. The zero-order valence-electron chi connectivity index (χ0n) is 12.5. The number of anilines is 1. The first-order valence-electron chi connectivity index (χ1n) is 7.46. The highest BCUT2D eigenvalue weighted by atomic mass is 19.1. The third kappa shape index (κ3) is 4.13. The molecule has 2 nitrogen and oxygen atoms in total. The summed E-state index contributed by atoms with van der Waals surface area (Å²) in [5.41, 5.74) is 1.11. The normalized spacial score (nSPS) is 10.5. The molecule has 2 aromatic carbocycles. The monoisotopic (exact) mass is 303 g/mol. The molecule has 0 bridgehead atoms. The summed E-state index contributed by atoms with van der Waals surface area (Å²) in [5.74, 6) is -2.10. The SMILES string of the molecule is CCCCCc1ccc(C(=O)Nc2c(F)cccc2F)cc1. The molecular formula is C18H19F2NO. The third-order valence-electron chi connectivity index (χ3n) is 3.49. The zero-order valence-corrected chi connectivity index (χ0v) is 12.5. The lowest BCUT2D eigenvalue weighted by Gasteiger charge is -2.08. The Kier molecular flexibility index (Phi) is 5.64. The van der Waals surface area contributed by atoms with E-state index < -0.39 is 23.2 Å². The minimum atomic E-state index is -0.787. The minimum Gasteiger partial charge on any atom is -0.317 e. The topological polar surface area (TPSA) is 29.1 Å². The lowest BCUT2D eigenvalue weighted by molar-refractivity contribution is 0.102. The molecule has 0 heterocycles. The van der Waals surface area contributed by atoms with Gasteiger partial charge in [0.25, 0.3) is 5.91 Å². The van der Waals surface area contributed by atoms with E-state index in [4.69, 9.17) is 0 Å².